The van der Waals surface area contributed by atoms with Gasteiger partial charge in [0.15, 0.2) is 11.4 Å². The molecule has 1 radical (unpaired) electrons. The van der Waals surface area contributed by atoms with Crippen LogP contribution in [0, 0.1) is 18.3 Å². The lowest BCUT2D eigenvalue weighted by molar-refractivity contribution is -0.153. The zero-order valence-corrected chi connectivity index (χ0v) is 19.4. The third-order valence-corrected chi connectivity index (χ3v) is 6.99. The highest BCUT2D eigenvalue weighted by molar-refractivity contribution is 6.24. The van der Waals surface area contributed by atoms with Crippen LogP contribution in [0.15, 0.2) is 35.1 Å². The third kappa shape index (κ3) is 3.33. The van der Waals surface area contributed by atoms with Crippen LogP contribution in [0.2, 0.25) is 0 Å². The van der Waals surface area contributed by atoms with Gasteiger partial charge in [-0.1, -0.05) is 25.5 Å². The van der Waals surface area contributed by atoms with Crippen molar-refractivity contribution in [2.45, 2.75) is 37.8 Å². The minimum Gasteiger partial charge on any atom is -0.508 e. The molecular weight excluding hydrogens is 440 g/mol. The van der Waals surface area contributed by atoms with Gasteiger partial charge < -0.3 is 25.8 Å². The lowest BCUT2D eigenvalue weighted by Crippen LogP contribution is -2.65. The van der Waals surface area contributed by atoms with E-state index >= 15 is 0 Å². The van der Waals surface area contributed by atoms with Crippen molar-refractivity contribution in [1.82, 2.24) is 4.90 Å². The number of nitrogens with zero attached hydrogens (tertiary/aromatic N) is 1. The molecule has 0 spiro atoms. The van der Waals surface area contributed by atoms with Crippen molar-refractivity contribution in [1.29, 1.82) is 0 Å². The number of hydrogen-bond acceptors (Lipinski definition) is 8. The second-order valence-corrected chi connectivity index (χ2v) is 9.26. The Balaban J connectivity index is 1.89. The Hall–Kier alpha value is -3.17. The van der Waals surface area contributed by atoms with E-state index < -0.39 is 52.3 Å². The molecule has 1 aromatic rings. The minimum atomic E-state index is -2.59. The highest BCUT2D eigenvalue weighted by Gasteiger charge is 2.64. The molecule has 4 rings (SSSR count). The van der Waals surface area contributed by atoms with Crippen molar-refractivity contribution in [3.05, 3.63) is 52.7 Å². The Morgan fingerprint density at radius 2 is 1.97 bits per heavy atom. The summed E-state index contributed by atoms with van der Waals surface area (Å²) in [6.45, 7) is 2.45. The van der Waals surface area contributed by atoms with Gasteiger partial charge in [-0.2, -0.15) is 0 Å². The normalized spacial score (nSPS) is 28.6. The summed E-state index contributed by atoms with van der Waals surface area (Å²) in [5, 5.41) is 33.7. The van der Waals surface area contributed by atoms with Crippen LogP contribution in [0.5, 0.6) is 5.75 Å². The van der Waals surface area contributed by atoms with Crippen molar-refractivity contribution < 1.29 is 34.4 Å². The molecule has 1 saturated carbocycles. The van der Waals surface area contributed by atoms with Crippen LogP contribution >= 0.6 is 0 Å². The molecule has 0 aromatic heterocycles. The fraction of sp³-hybridized carbons (Fsp3) is 0.440. The molecule has 3 aliphatic carbocycles. The zero-order chi connectivity index (χ0) is 24.9. The SMILES string of the molecule is CCCCOc1cccc2c1C(O)=C1C(=O)[C@]3(O)C(O)=C(C(N)=O)C(=O)[C@@H](N(C)C)[C@@H]3C[C@@H]1[CH]2. The van der Waals surface area contributed by atoms with Gasteiger partial charge in [0.25, 0.3) is 5.91 Å². The first-order valence-corrected chi connectivity index (χ1v) is 11.3. The summed E-state index contributed by atoms with van der Waals surface area (Å²) in [6, 6.07) is 4.19. The third-order valence-electron chi connectivity index (χ3n) is 6.99. The van der Waals surface area contributed by atoms with Crippen LogP contribution in [0.3, 0.4) is 0 Å². The number of primary amides is 1. The van der Waals surface area contributed by atoms with Gasteiger partial charge in [-0.25, -0.2) is 0 Å². The van der Waals surface area contributed by atoms with Gasteiger partial charge in [0.1, 0.15) is 22.8 Å². The Morgan fingerprint density at radius 3 is 2.59 bits per heavy atom. The number of ether oxygens (including phenoxy) is 1. The number of carbonyl (C=O) groups is 3. The van der Waals surface area contributed by atoms with E-state index in [0.717, 1.165) is 12.8 Å². The number of rotatable bonds is 6. The molecule has 4 atom stereocenters. The molecular formula is C25H29N2O7. The van der Waals surface area contributed by atoms with Crippen molar-refractivity contribution in [3.8, 4) is 5.75 Å². The second kappa shape index (κ2) is 8.56. The van der Waals surface area contributed by atoms with E-state index in [1.807, 2.05) is 6.92 Å². The maximum absolute atomic E-state index is 13.8. The number of aliphatic hydroxyl groups is 3. The van der Waals surface area contributed by atoms with Crippen LogP contribution < -0.4 is 10.5 Å². The number of carbonyl (C=O) groups excluding carboxylic acids is 3. The minimum absolute atomic E-state index is 0.0761. The Morgan fingerprint density at radius 1 is 1.26 bits per heavy atom. The molecule has 5 N–H and O–H groups in total. The average Bonchev–Trinajstić information content (AvgIpc) is 2.76. The monoisotopic (exact) mass is 469 g/mol. The zero-order valence-electron chi connectivity index (χ0n) is 19.4. The van der Waals surface area contributed by atoms with Crippen LogP contribution in [-0.2, 0) is 14.4 Å². The van der Waals surface area contributed by atoms with E-state index in [2.05, 4.69) is 0 Å². The lowest BCUT2D eigenvalue weighted by Gasteiger charge is -2.50. The van der Waals surface area contributed by atoms with Crippen molar-refractivity contribution >= 4 is 23.2 Å². The second-order valence-electron chi connectivity index (χ2n) is 9.26. The number of Topliss-reactive ketones (excluding diaryl/α,β-unsaturated/α-hetero) is 2. The molecule has 34 heavy (non-hydrogen) atoms. The van der Waals surface area contributed by atoms with Gasteiger partial charge in [0.05, 0.1) is 18.2 Å². The standard InChI is InChI=1S/C25H29N2O7/c1-4-5-9-34-15-8-6-7-12-10-13-11-14-19(27(2)3)21(29)18(24(26)32)23(31)25(14,33)22(30)17(13)20(28)16(12)15/h6-8,10,13-14,19,28,31,33H,4-5,9,11H2,1-3H3,(H2,26,32)/t13-,14-,19-,25-/m0/s1. The van der Waals surface area contributed by atoms with E-state index in [4.69, 9.17) is 10.5 Å². The molecule has 9 nitrogen and oxygen atoms in total. The topological polar surface area (TPSA) is 150 Å². The largest absolute Gasteiger partial charge is 0.508 e. The molecule has 0 saturated heterocycles. The first-order chi connectivity index (χ1) is 16.0. The average molecular weight is 470 g/mol. The fourth-order valence-corrected chi connectivity index (χ4v) is 5.39. The number of hydrogen-bond donors (Lipinski definition) is 4. The summed E-state index contributed by atoms with van der Waals surface area (Å²) in [6.07, 6.45) is 3.60. The highest BCUT2D eigenvalue weighted by Crippen LogP contribution is 2.53. The first-order valence-electron chi connectivity index (χ1n) is 11.3. The Kier molecular flexibility index (Phi) is 6.03. The summed E-state index contributed by atoms with van der Waals surface area (Å²) in [5.74, 6) is -5.64. The molecule has 181 valence electrons. The molecule has 9 heteroatoms. The summed E-state index contributed by atoms with van der Waals surface area (Å²) in [4.78, 5) is 40.3. The van der Waals surface area contributed by atoms with E-state index in [1.54, 1.807) is 38.7 Å². The van der Waals surface area contributed by atoms with Gasteiger partial charge >= 0.3 is 0 Å². The lowest BCUT2D eigenvalue weighted by atomic mass is 9.57. The van der Waals surface area contributed by atoms with Crippen LogP contribution in [0.25, 0.3) is 5.76 Å². The van der Waals surface area contributed by atoms with Crippen molar-refractivity contribution in [3.63, 3.8) is 0 Å². The number of benzene rings is 1. The molecule has 1 amide bonds. The Labute approximate surface area is 197 Å². The Bertz CT molecular complexity index is 1140. The van der Waals surface area contributed by atoms with Gasteiger partial charge in [-0.05, 0) is 50.9 Å². The fourth-order valence-electron chi connectivity index (χ4n) is 5.39. The number of likely N-dealkylation sites (N-methyl/N-ethyl adjacent to an activating group) is 1. The summed E-state index contributed by atoms with van der Waals surface area (Å²) in [7, 11) is 3.16. The number of amides is 1. The maximum atomic E-state index is 13.8. The quantitative estimate of drug-likeness (QED) is 0.361. The molecule has 0 aliphatic heterocycles. The van der Waals surface area contributed by atoms with Crippen molar-refractivity contribution in [2.24, 2.45) is 17.6 Å². The number of fused-ring (bicyclic) bond motifs is 3. The number of ketones is 2. The number of unbranched alkanes of at least 4 members (excludes halogenated alkanes) is 1. The molecule has 1 fully saturated rings. The molecule has 0 heterocycles. The molecule has 0 unspecified atom stereocenters. The van der Waals surface area contributed by atoms with Crippen molar-refractivity contribution in [2.75, 3.05) is 20.7 Å². The molecule has 0 bridgehead atoms. The van der Waals surface area contributed by atoms with Gasteiger partial charge in [0, 0.05) is 11.5 Å². The predicted molar refractivity (Wildman–Crippen MR) is 123 cm³/mol. The van der Waals surface area contributed by atoms with E-state index in [1.165, 1.54) is 4.90 Å². The van der Waals surface area contributed by atoms with Gasteiger partial charge in [-0.3, -0.25) is 19.3 Å². The van der Waals surface area contributed by atoms with Crippen LogP contribution in [-0.4, -0.2) is 70.0 Å². The predicted octanol–water partition coefficient (Wildman–Crippen LogP) is 1.45. The summed E-state index contributed by atoms with van der Waals surface area (Å²) >= 11 is 0. The van der Waals surface area contributed by atoms with Gasteiger partial charge in [-0.15, -0.1) is 0 Å². The number of nitrogens with two attached hydrogens (primary N) is 1. The van der Waals surface area contributed by atoms with E-state index in [0.29, 0.717) is 23.5 Å². The van der Waals surface area contributed by atoms with E-state index in [-0.39, 0.29) is 17.8 Å². The molecule has 1 aromatic carbocycles. The highest BCUT2D eigenvalue weighted by atomic mass is 16.5. The maximum Gasteiger partial charge on any atom is 0.255 e. The van der Waals surface area contributed by atoms with Gasteiger partial charge in [0.2, 0.25) is 5.78 Å². The molecule has 3 aliphatic rings. The van der Waals surface area contributed by atoms with E-state index in [9.17, 15) is 29.7 Å². The van der Waals surface area contributed by atoms with Crippen LogP contribution in [0.1, 0.15) is 37.3 Å². The number of aliphatic hydroxyl groups excluding tert-OH is 2. The van der Waals surface area contributed by atoms with Crippen LogP contribution in [0.4, 0.5) is 0 Å². The summed E-state index contributed by atoms with van der Waals surface area (Å²) < 4.78 is 5.84. The first kappa shape index (κ1) is 24.0. The summed E-state index contributed by atoms with van der Waals surface area (Å²) in [5.41, 5.74) is 2.85. The smallest absolute Gasteiger partial charge is 0.255 e.